The van der Waals surface area contributed by atoms with Gasteiger partial charge in [0.15, 0.2) is 3.61 Å². The Morgan fingerprint density at radius 3 is 1.32 bits per heavy atom. The second kappa shape index (κ2) is 7.16. The fourth-order valence-corrected chi connectivity index (χ4v) is 3.35. The van der Waals surface area contributed by atoms with Gasteiger partial charge in [-0.05, 0) is 76.3 Å². The Balaban J connectivity index is 2.54. The van der Waals surface area contributed by atoms with Gasteiger partial charge in [-0.15, -0.1) is 0 Å². The largest absolute Gasteiger partial charge is 0.488 e. The summed E-state index contributed by atoms with van der Waals surface area (Å²) in [6.07, 6.45) is 0. The van der Waals surface area contributed by atoms with Crippen LogP contribution >= 0.6 is 22.6 Å². The number of ether oxygens (including phenoxy) is 2. The maximum Gasteiger partial charge on any atom is 0.173 e. The van der Waals surface area contributed by atoms with Crippen LogP contribution in [0.2, 0.25) is 0 Å². The zero-order valence-corrected chi connectivity index (χ0v) is 17.9. The zero-order chi connectivity index (χ0) is 18.9. The van der Waals surface area contributed by atoms with Crippen molar-refractivity contribution in [1.29, 1.82) is 0 Å². The van der Waals surface area contributed by atoms with Crippen LogP contribution in [-0.2, 0) is 3.61 Å². The van der Waals surface area contributed by atoms with Crippen molar-refractivity contribution in [2.45, 2.75) is 56.4 Å². The first-order valence-corrected chi connectivity index (χ1v) is 9.46. The second-order valence-corrected chi connectivity index (χ2v) is 9.60. The van der Waals surface area contributed by atoms with Crippen LogP contribution in [-0.4, -0.2) is 16.3 Å². The lowest BCUT2D eigenvalue weighted by Gasteiger charge is -2.31. The molecule has 0 unspecified atom stereocenters. The van der Waals surface area contributed by atoms with Crippen LogP contribution in [0.25, 0.3) is 0 Å². The Morgan fingerprint density at radius 1 is 0.680 bits per heavy atom. The third-order valence-electron chi connectivity index (χ3n) is 3.32. The van der Waals surface area contributed by atoms with E-state index in [0.29, 0.717) is 22.6 Å². The predicted octanol–water partition coefficient (Wildman–Crippen LogP) is 5.67. The lowest BCUT2D eigenvalue weighted by atomic mass is 9.99. The molecule has 0 aliphatic carbocycles. The number of para-hydroxylation sites is 2. The summed E-state index contributed by atoms with van der Waals surface area (Å²) in [5, 5.41) is 11.4. The number of hydrogen-bond acceptors (Lipinski definition) is 3. The van der Waals surface area contributed by atoms with Crippen LogP contribution in [0.5, 0.6) is 11.5 Å². The van der Waals surface area contributed by atoms with Crippen molar-refractivity contribution < 1.29 is 14.6 Å². The lowest BCUT2D eigenvalue weighted by Crippen LogP contribution is -2.28. The van der Waals surface area contributed by atoms with Crippen molar-refractivity contribution in [3.63, 3.8) is 0 Å². The molecule has 0 amide bonds. The van der Waals surface area contributed by atoms with Gasteiger partial charge in [-0.3, -0.25) is 0 Å². The average Bonchev–Trinajstić information content (AvgIpc) is 2.44. The molecule has 2 aromatic carbocycles. The topological polar surface area (TPSA) is 38.7 Å². The normalized spacial score (nSPS) is 12.8. The Labute approximate surface area is 164 Å². The van der Waals surface area contributed by atoms with E-state index in [-0.39, 0.29) is 11.2 Å². The summed E-state index contributed by atoms with van der Waals surface area (Å²) >= 11 is 2.06. The monoisotopic (exact) mass is 454 g/mol. The molecule has 3 nitrogen and oxygen atoms in total. The highest BCUT2D eigenvalue weighted by molar-refractivity contribution is 14.1. The van der Waals surface area contributed by atoms with E-state index in [0.717, 1.165) is 0 Å². The Morgan fingerprint density at radius 2 is 1.00 bits per heavy atom. The fourth-order valence-electron chi connectivity index (χ4n) is 2.46. The highest BCUT2D eigenvalue weighted by Crippen LogP contribution is 2.45. The number of hydrogen-bond donors (Lipinski definition) is 1. The van der Waals surface area contributed by atoms with Crippen LogP contribution in [0.15, 0.2) is 48.5 Å². The molecule has 4 heteroatoms. The number of rotatable bonds is 4. The molecule has 0 bridgehead atoms. The van der Waals surface area contributed by atoms with Crippen LogP contribution in [0.1, 0.15) is 52.7 Å². The van der Waals surface area contributed by atoms with Crippen LogP contribution in [0, 0.1) is 0 Å². The van der Waals surface area contributed by atoms with Crippen molar-refractivity contribution in [1.82, 2.24) is 0 Å². The van der Waals surface area contributed by atoms with Gasteiger partial charge in [0, 0.05) is 11.1 Å². The third kappa shape index (κ3) is 5.35. The minimum atomic E-state index is -1.28. The van der Waals surface area contributed by atoms with Gasteiger partial charge in [-0.2, -0.15) is 0 Å². The standard InChI is InChI=1S/C21H27IO3/c1-19(2,3)24-17-13-9-7-11-15(17)21(22,23)16-12-8-10-14-18(16)25-20(4,5)6/h7-14,23H,1-6H3. The Kier molecular flexibility index (Phi) is 5.74. The first-order chi connectivity index (χ1) is 11.4. The molecule has 0 atom stereocenters. The van der Waals surface area contributed by atoms with Crippen molar-refractivity contribution >= 4 is 22.6 Å². The van der Waals surface area contributed by atoms with E-state index < -0.39 is 3.61 Å². The number of alkyl halides is 1. The molecule has 0 aliphatic heterocycles. The van der Waals surface area contributed by atoms with Gasteiger partial charge >= 0.3 is 0 Å². The van der Waals surface area contributed by atoms with E-state index in [4.69, 9.17) is 9.47 Å². The van der Waals surface area contributed by atoms with Gasteiger partial charge in [-0.1, -0.05) is 36.4 Å². The molecule has 0 aliphatic rings. The summed E-state index contributed by atoms with van der Waals surface area (Å²) in [6, 6.07) is 15.2. The molecular weight excluding hydrogens is 427 g/mol. The maximum atomic E-state index is 11.4. The summed E-state index contributed by atoms with van der Waals surface area (Å²) in [7, 11) is 0. The highest BCUT2D eigenvalue weighted by atomic mass is 127. The number of benzene rings is 2. The summed E-state index contributed by atoms with van der Waals surface area (Å²) in [6.45, 7) is 12.0. The summed E-state index contributed by atoms with van der Waals surface area (Å²) in [5.74, 6) is 1.33. The Hall–Kier alpha value is -1.27. The minimum absolute atomic E-state index is 0.357. The average molecular weight is 454 g/mol. The maximum absolute atomic E-state index is 11.4. The molecule has 2 aromatic rings. The van der Waals surface area contributed by atoms with E-state index in [1.165, 1.54) is 0 Å². The molecule has 0 heterocycles. The zero-order valence-electron chi connectivity index (χ0n) is 15.8. The summed E-state index contributed by atoms with van der Waals surface area (Å²) < 4.78 is 10.9. The van der Waals surface area contributed by atoms with E-state index in [9.17, 15) is 5.11 Å². The van der Waals surface area contributed by atoms with Crippen molar-refractivity contribution in [3.05, 3.63) is 59.7 Å². The van der Waals surface area contributed by atoms with Crippen LogP contribution in [0.3, 0.4) is 0 Å². The van der Waals surface area contributed by atoms with Gasteiger partial charge in [0.1, 0.15) is 22.7 Å². The molecule has 0 radical (unpaired) electrons. The van der Waals surface area contributed by atoms with Gasteiger partial charge in [0.05, 0.1) is 0 Å². The Bertz CT molecular complexity index is 663. The number of aliphatic hydroxyl groups is 1. The highest BCUT2D eigenvalue weighted by Gasteiger charge is 2.35. The van der Waals surface area contributed by atoms with Gasteiger partial charge in [-0.25, -0.2) is 0 Å². The van der Waals surface area contributed by atoms with E-state index in [1.54, 1.807) is 0 Å². The summed E-state index contributed by atoms with van der Waals surface area (Å²) in [5.41, 5.74) is 0.695. The van der Waals surface area contributed by atoms with Gasteiger partial charge < -0.3 is 14.6 Å². The van der Waals surface area contributed by atoms with Crippen molar-refractivity contribution in [3.8, 4) is 11.5 Å². The minimum Gasteiger partial charge on any atom is -0.488 e. The molecule has 0 spiro atoms. The quantitative estimate of drug-likeness (QED) is 0.478. The van der Waals surface area contributed by atoms with Gasteiger partial charge in [0.2, 0.25) is 0 Å². The van der Waals surface area contributed by atoms with E-state index in [1.807, 2.05) is 90.1 Å². The molecule has 25 heavy (non-hydrogen) atoms. The van der Waals surface area contributed by atoms with Crippen molar-refractivity contribution in [2.75, 3.05) is 0 Å². The first kappa shape index (κ1) is 20.0. The second-order valence-electron chi connectivity index (χ2n) is 8.04. The third-order valence-corrected chi connectivity index (χ3v) is 4.48. The van der Waals surface area contributed by atoms with E-state index in [2.05, 4.69) is 22.6 Å². The first-order valence-electron chi connectivity index (χ1n) is 8.38. The smallest absolute Gasteiger partial charge is 0.173 e. The molecule has 136 valence electrons. The van der Waals surface area contributed by atoms with Crippen LogP contribution < -0.4 is 9.47 Å². The van der Waals surface area contributed by atoms with Gasteiger partial charge in [0.25, 0.3) is 0 Å². The number of halogens is 1. The molecule has 1 N–H and O–H groups in total. The van der Waals surface area contributed by atoms with Crippen LogP contribution in [0.4, 0.5) is 0 Å². The summed E-state index contributed by atoms with van der Waals surface area (Å²) in [4.78, 5) is 0. The van der Waals surface area contributed by atoms with Crippen molar-refractivity contribution in [2.24, 2.45) is 0 Å². The molecular formula is C21H27IO3. The predicted molar refractivity (Wildman–Crippen MR) is 111 cm³/mol. The molecule has 0 aromatic heterocycles. The fraction of sp³-hybridized carbons (Fsp3) is 0.429. The molecule has 0 saturated heterocycles. The molecule has 0 fully saturated rings. The molecule has 2 rings (SSSR count). The SMILES string of the molecule is CC(C)(C)Oc1ccccc1C(O)(I)c1ccccc1OC(C)(C)C. The van der Waals surface area contributed by atoms with E-state index >= 15 is 0 Å². The lowest BCUT2D eigenvalue weighted by molar-refractivity contribution is 0.113. The molecule has 0 saturated carbocycles.